The summed E-state index contributed by atoms with van der Waals surface area (Å²) in [7, 11) is 4.39. The van der Waals surface area contributed by atoms with Crippen LogP contribution in [0.2, 0.25) is 0 Å². The van der Waals surface area contributed by atoms with Crippen LogP contribution in [-0.4, -0.2) is 50.4 Å². The molecule has 204 valence electrons. The van der Waals surface area contributed by atoms with Gasteiger partial charge in [-0.2, -0.15) is 0 Å². The first-order chi connectivity index (χ1) is 18.8. The molecular weight excluding hydrogens is 504 g/mol. The first kappa shape index (κ1) is 27.4. The van der Waals surface area contributed by atoms with E-state index in [0.717, 1.165) is 0 Å². The summed E-state index contributed by atoms with van der Waals surface area (Å²) in [6.07, 6.45) is 1.35. The Morgan fingerprint density at radius 3 is 2.23 bits per heavy atom. The number of ether oxygens (including phenoxy) is 4. The van der Waals surface area contributed by atoms with E-state index in [4.69, 9.17) is 18.9 Å². The number of nitrogens with zero attached hydrogens (tertiary/aromatic N) is 3. The van der Waals surface area contributed by atoms with Crippen molar-refractivity contribution in [3.63, 3.8) is 0 Å². The van der Waals surface area contributed by atoms with E-state index in [1.807, 2.05) is 18.7 Å². The molecule has 0 spiro atoms. The van der Waals surface area contributed by atoms with Gasteiger partial charge in [0.1, 0.15) is 23.5 Å². The molecule has 0 unspecified atom stereocenters. The second-order valence-corrected chi connectivity index (χ2v) is 8.61. The highest BCUT2D eigenvalue weighted by Gasteiger charge is 2.28. The summed E-state index contributed by atoms with van der Waals surface area (Å²) in [5.41, 5.74) is 0.721. The number of anilines is 2. The van der Waals surface area contributed by atoms with E-state index >= 15 is 0 Å². The number of hydrogen-bond donors (Lipinski definition) is 1. The molecule has 0 aliphatic rings. The fraction of sp³-hybridized carbons (Fsp3) is 0.321. The van der Waals surface area contributed by atoms with Gasteiger partial charge in [0.25, 0.3) is 10.9 Å². The van der Waals surface area contributed by atoms with Gasteiger partial charge >= 0.3 is 5.97 Å². The average molecular weight is 535 g/mol. The van der Waals surface area contributed by atoms with Gasteiger partial charge in [-0.05, 0) is 37.6 Å². The number of methoxy groups -OCH3 is 3. The van der Waals surface area contributed by atoms with Crippen molar-refractivity contribution in [2.75, 3.05) is 44.6 Å². The van der Waals surface area contributed by atoms with Crippen molar-refractivity contribution >= 4 is 28.2 Å². The number of carbonyl (C=O) groups is 1. The molecule has 0 fully saturated rings. The summed E-state index contributed by atoms with van der Waals surface area (Å²) < 4.78 is 21.7. The minimum absolute atomic E-state index is 0.0502. The van der Waals surface area contributed by atoms with Crippen molar-refractivity contribution in [3.8, 4) is 23.1 Å². The van der Waals surface area contributed by atoms with E-state index in [1.54, 1.807) is 50.6 Å². The second kappa shape index (κ2) is 11.8. The quantitative estimate of drug-likeness (QED) is 0.211. The third kappa shape index (κ3) is 5.47. The summed E-state index contributed by atoms with van der Waals surface area (Å²) in [6.45, 7) is 4.95. The molecule has 1 aromatic heterocycles. The molecule has 11 nitrogen and oxygen atoms in total. The van der Waals surface area contributed by atoms with Gasteiger partial charge in [-0.15, -0.1) is 0 Å². The van der Waals surface area contributed by atoms with Crippen LogP contribution in [0.4, 0.5) is 11.4 Å². The zero-order chi connectivity index (χ0) is 28.1. The van der Waals surface area contributed by atoms with Crippen LogP contribution in [0.3, 0.4) is 0 Å². The van der Waals surface area contributed by atoms with Crippen molar-refractivity contribution in [1.29, 1.82) is 0 Å². The minimum atomic E-state index is -0.610. The Morgan fingerprint density at radius 2 is 1.62 bits per heavy atom. The van der Waals surface area contributed by atoms with Crippen molar-refractivity contribution in [2.45, 2.75) is 26.3 Å². The fourth-order valence-corrected chi connectivity index (χ4v) is 4.35. The van der Waals surface area contributed by atoms with Crippen LogP contribution in [0.5, 0.6) is 23.1 Å². The third-order valence-electron chi connectivity index (χ3n) is 6.48. The van der Waals surface area contributed by atoms with Crippen LogP contribution in [0.15, 0.2) is 52.3 Å². The zero-order valence-electron chi connectivity index (χ0n) is 22.4. The van der Waals surface area contributed by atoms with Crippen LogP contribution in [-0.2, 0) is 9.53 Å². The van der Waals surface area contributed by atoms with Crippen LogP contribution in [0.1, 0.15) is 31.9 Å². The normalized spacial score (nSPS) is 11.7. The van der Waals surface area contributed by atoms with Gasteiger partial charge in [-0.3, -0.25) is 14.4 Å². The monoisotopic (exact) mass is 534 g/mol. The highest BCUT2D eigenvalue weighted by atomic mass is 16.5. The first-order valence-corrected chi connectivity index (χ1v) is 12.4. The molecule has 39 heavy (non-hydrogen) atoms. The van der Waals surface area contributed by atoms with E-state index < -0.39 is 22.9 Å². The molecule has 4 rings (SSSR count). The van der Waals surface area contributed by atoms with Crippen molar-refractivity contribution in [1.82, 2.24) is 9.97 Å². The predicted octanol–water partition coefficient (Wildman–Crippen LogP) is 3.60. The van der Waals surface area contributed by atoms with Crippen molar-refractivity contribution < 1.29 is 23.7 Å². The zero-order valence-corrected chi connectivity index (χ0v) is 22.4. The summed E-state index contributed by atoms with van der Waals surface area (Å²) >= 11 is 0. The average Bonchev–Trinajstić information content (AvgIpc) is 2.97. The molecule has 0 aliphatic heterocycles. The lowest BCUT2D eigenvalue weighted by atomic mass is 10.0. The van der Waals surface area contributed by atoms with E-state index in [-0.39, 0.29) is 12.1 Å². The third-order valence-corrected chi connectivity index (χ3v) is 6.48. The Hall–Kier alpha value is -4.67. The predicted molar refractivity (Wildman–Crippen MR) is 147 cm³/mol. The lowest BCUT2D eigenvalue weighted by molar-refractivity contribution is -0.140. The Kier molecular flexibility index (Phi) is 8.28. The molecule has 11 heteroatoms. The van der Waals surface area contributed by atoms with Gasteiger partial charge in [-0.1, -0.05) is 12.1 Å². The summed E-state index contributed by atoms with van der Waals surface area (Å²) in [5, 5.41) is 3.74. The Bertz CT molecular complexity index is 1540. The van der Waals surface area contributed by atoms with Gasteiger partial charge in [0.05, 0.1) is 44.7 Å². The van der Waals surface area contributed by atoms with Crippen LogP contribution < -0.4 is 35.3 Å². The number of nitrogens with one attached hydrogen (secondary N) is 1. The lowest BCUT2D eigenvalue weighted by Crippen LogP contribution is -2.43. The van der Waals surface area contributed by atoms with Gasteiger partial charge in [0.2, 0.25) is 5.88 Å². The Morgan fingerprint density at radius 1 is 0.949 bits per heavy atom. The molecular formula is C28H30N4O7. The summed E-state index contributed by atoms with van der Waals surface area (Å²) in [4.78, 5) is 47.3. The maximum absolute atomic E-state index is 12.4. The lowest BCUT2D eigenvalue weighted by Gasteiger charge is -2.27. The highest BCUT2D eigenvalue weighted by molar-refractivity contribution is 5.87. The number of carbonyl (C=O) groups excluding carboxylic acids is 1. The summed E-state index contributed by atoms with van der Waals surface area (Å²) in [5.74, 6) is 1.40. The maximum atomic E-state index is 12.4. The first-order valence-electron chi connectivity index (χ1n) is 12.4. The second-order valence-electron chi connectivity index (χ2n) is 8.61. The Balaban J connectivity index is 1.62. The molecule has 1 N–H and O–H groups in total. The standard InChI is InChI=1S/C28H30N4O7/c1-6-32(7-2)25-24(26(34)27(25)35)31-19(14-23(33)38-5)16-8-10-17(11-9-16)39-28-18-12-21(36-3)22(37-4)13-20(18)29-15-30-28/h8-13,15,19,31H,6-7,14H2,1-5H3/t19-/m1/s1. The summed E-state index contributed by atoms with van der Waals surface area (Å²) in [6, 6.07) is 9.86. The molecule has 0 radical (unpaired) electrons. The van der Waals surface area contributed by atoms with E-state index in [0.29, 0.717) is 58.4 Å². The van der Waals surface area contributed by atoms with Crippen LogP contribution in [0, 0.1) is 0 Å². The van der Waals surface area contributed by atoms with Gasteiger partial charge < -0.3 is 29.2 Å². The van der Waals surface area contributed by atoms with Gasteiger partial charge in [-0.25, -0.2) is 9.97 Å². The SMILES string of the molecule is CCN(CC)c1c(N[C@H](CC(=O)OC)c2ccc(Oc3ncnc4cc(OC)c(OC)cc34)cc2)c(=O)c1=O. The van der Waals surface area contributed by atoms with E-state index in [9.17, 15) is 14.4 Å². The van der Waals surface area contributed by atoms with Crippen LogP contribution in [0.25, 0.3) is 10.9 Å². The maximum Gasteiger partial charge on any atom is 0.307 e. The number of esters is 1. The number of rotatable bonds is 12. The molecule has 0 saturated carbocycles. The molecule has 0 aliphatic carbocycles. The number of benzene rings is 2. The highest BCUT2D eigenvalue weighted by Crippen LogP contribution is 2.36. The van der Waals surface area contributed by atoms with Crippen molar-refractivity contribution in [3.05, 3.63) is 68.7 Å². The topological polar surface area (TPSA) is 129 Å². The smallest absolute Gasteiger partial charge is 0.307 e. The van der Waals surface area contributed by atoms with E-state index in [1.165, 1.54) is 13.4 Å². The molecule has 0 amide bonds. The number of hydrogen-bond acceptors (Lipinski definition) is 11. The Labute approximate surface area is 225 Å². The largest absolute Gasteiger partial charge is 0.493 e. The molecule has 4 aromatic rings. The molecule has 1 atom stereocenters. The van der Waals surface area contributed by atoms with E-state index in [2.05, 4.69) is 15.3 Å². The molecule has 0 saturated heterocycles. The van der Waals surface area contributed by atoms with Crippen molar-refractivity contribution in [2.24, 2.45) is 0 Å². The molecule has 0 bridgehead atoms. The van der Waals surface area contributed by atoms with Crippen LogP contribution >= 0.6 is 0 Å². The molecule has 1 heterocycles. The van der Waals surface area contributed by atoms with Gasteiger partial charge in [0, 0.05) is 19.2 Å². The molecule has 3 aromatic carbocycles. The number of aromatic nitrogens is 2. The fourth-order valence-electron chi connectivity index (χ4n) is 4.35. The minimum Gasteiger partial charge on any atom is -0.493 e. The number of fused-ring (bicyclic) bond motifs is 1. The van der Waals surface area contributed by atoms with Gasteiger partial charge in [0.15, 0.2) is 11.5 Å².